The number of rotatable bonds is 1. The molecule has 0 bridgehead atoms. The molecule has 0 fully saturated rings. The van der Waals surface area contributed by atoms with E-state index in [1.807, 2.05) is 60.8 Å². The molecule has 19 heavy (non-hydrogen) atoms. The summed E-state index contributed by atoms with van der Waals surface area (Å²) in [6, 6.07) is 0. The smallest absolute Gasteiger partial charge is 0.181 e. The largest absolute Gasteiger partial charge is 0.399 e. The highest BCUT2D eigenvalue weighted by Gasteiger charge is 2.04. The van der Waals surface area contributed by atoms with Gasteiger partial charge in [-0.25, -0.2) is 4.68 Å². The molecule has 0 saturated carbocycles. The third-order valence-corrected chi connectivity index (χ3v) is 2.45. The van der Waals surface area contributed by atoms with Crippen molar-refractivity contribution in [2.45, 2.75) is 0 Å². The van der Waals surface area contributed by atoms with E-state index in [-0.39, 0.29) is 0 Å². The molecule has 2 N–H and O–H groups in total. The van der Waals surface area contributed by atoms with Crippen LogP contribution < -0.4 is 5.73 Å². The summed E-state index contributed by atoms with van der Waals surface area (Å²) in [7, 11) is 1.80. The average Bonchev–Trinajstić information content (AvgIpc) is 2.80. The number of hydrogen-bond acceptors (Lipinski definition) is 4. The van der Waals surface area contributed by atoms with E-state index >= 15 is 0 Å². The summed E-state index contributed by atoms with van der Waals surface area (Å²) in [4.78, 5) is 0. The first-order valence-electron chi connectivity index (χ1n) is 5.85. The van der Waals surface area contributed by atoms with Crippen LogP contribution in [0.1, 0.15) is 5.82 Å². The first-order chi connectivity index (χ1) is 9.27. The van der Waals surface area contributed by atoms with Crippen molar-refractivity contribution in [3.63, 3.8) is 0 Å². The van der Waals surface area contributed by atoms with Gasteiger partial charge in [-0.05, 0) is 22.6 Å². The molecule has 1 heterocycles. The Morgan fingerprint density at radius 1 is 0.947 bits per heavy atom. The van der Waals surface area contributed by atoms with Crippen LogP contribution >= 0.6 is 0 Å². The molecule has 5 nitrogen and oxygen atoms in total. The van der Waals surface area contributed by atoms with E-state index in [4.69, 9.17) is 5.73 Å². The van der Waals surface area contributed by atoms with Gasteiger partial charge in [-0.15, -0.1) is 5.10 Å². The minimum Gasteiger partial charge on any atom is -0.399 e. The van der Waals surface area contributed by atoms with Crippen LogP contribution in [0.4, 0.5) is 0 Å². The molecule has 1 aliphatic carbocycles. The Balaban J connectivity index is 2.38. The van der Waals surface area contributed by atoms with Gasteiger partial charge in [-0.2, -0.15) is 0 Å². The lowest BCUT2D eigenvalue weighted by Crippen LogP contribution is -1.97. The standard InChI is InChI=1S/C14H15N5/c1-19-14(16-17-18-19)12-8-5-3-2-4-6-10-13(15)11-7-9-12/h2-11H,15H2,1H3/b3-2-,4-2?,5-3?,6-4-,8-5?,9-7?,10-6?,11-7-,12-8?,12-9?,13-10+,13-11?. The van der Waals surface area contributed by atoms with Crippen molar-refractivity contribution in [1.29, 1.82) is 0 Å². The summed E-state index contributed by atoms with van der Waals surface area (Å²) < 4.78 is 1.62. The summed E-state index contributed by atoms with van der Waals surface area (Å²) in [5, 5.41) is 11.5. The average molecular weight is 253 g/mol. The number of aromatic nitrogens is 4. The van der Waals surface area contributed by atoms with Gasteiger partial charge in [-0.3, -0.25) is 0 Å². The fourth-order valence-corrected chi connectivity index (χ4v) is 1.52. The number of allylic oxidation sites excluding steroid dienone is 11. The molecule has 5 heteroatoms. The predicted molar refractivity (Wildman–Crippen MR) is 75.6 cm³/mol. The molecular formula is C14H15N5. The lowest BCUT2D eigenvalue weighted by Gasteiger charge is -1.98. The molecule has 1 aliphatic rings. The number of tetrazole rings is 1. The predicted octanol–water partition coefficient (Wildman–Crippen LogP) is 1.67. The zero-order chi connectivity index (χ0) is 13.5. The minimum atomic E-state index is 0.681. The van der Waals surface area contributed by atoms with Gasteiger partial charge in [0.1, 0.15) is 0 Å². The van der Waals surface area contributed by atoms with Gasteiger partial charge in [-0.1, -0.05) is 48.6 Å². The van der Waals surface area contributed by atoms with Crippen LogP contribution in [-0.2, 0) is 7.05 Å². The number of nitrogens with zero attached hydrogens (tertiary/aromatic N) is 4. The molecule has 0 radical (unpaired) electrons. The van der Waals surface area contributed by atoms with Crippen LogP contribution in [0.2, 0.25) is 0 Å². The van der Waals surface area contributed by atoms with Gasteiger partial charge >= 0.3 is 0 Å². The number of hydrogen-bond donors (Lipinski definition) is 1. The first kappa shape index (κ1) is 12.8. The Bertz CT molecular complexity index is 612. The van der Waals surface area contributed by atoms with Gasteiger partial charge in [0.25, 0.3) is 0 Å². The molecule has 0 aliphatic heterocycles. The van der Waals surface area contributed by atoms with Gasteiger partial charge in [0.15, 0.2) is 5.82 Å². The van der Waals surface area contributed by atoms with Crippen molar-refractivity contribution in [2.75, 3.05) is 0 Å². The molecule has 2 rings (SSSR count). The molecule has 0 amide bonds. The van der Waals surface area contributed by atoms with E-state index in [2.05, 4.69) is 15.5 Å². The summed E-state index contributed by atoms with van der Waals surface area (Å²) >= 11 is 0. The van der Waals surface area contributed by atoms with E-state index in [1.165, 1.54) is 0 Å². The fourth-order valence-electron chi connectivity index (χ4n) is 1.52. The third-order valence-electron chi connectivity index (χ3n) is 2.45. The van der Waals surface area contributed by atoms with Crippen LogP contribution in [0.25, 0.3) is 5.57 Å². The molecule has 0 saturated heterocycles. The van der Waals surface area contributed by atoms with Crippen LogP contribution in [0.3, 0.4) is 0 Å². The maximum Gasteiger partial charge on any atom is 0.181 e. The highest BCUT2D eigenvalue weighted by Crippen LogP contribution is 2.12. The van der Waals surface area contributed by atoms with Gasteiger partial charge < -0.3 is 5.73 Å². The van der Waals surface area contributed by atoms with Gasteiger partial charge in [0.05, 0.1) is 0 Å². The lowest BCUT2D eigenvalue weighted by molar-refractivity contribution is 0.705. The fraction of sp³-hybridized carbons (Fsp3) is 0.0714. The highest BCUT2D eigenvalue weighted by molar-refractivity contribution is 5.71. The second-order valence-corrected chi connectivity index (χ2v) is 3.90. The summed E-state index contributed by atoms with van der Waals surface area (Å²) in [5.41, 5.74) is 7.40. The minimum absolute atomic E-state index is 0.681. The van der Waals surface area contributed by atoms with Crippen LogP contribution in [-0.4, -0.2) is 20.2 Å². The van der Waals surface area contributed by atoms with Gasteiger partial charge in [0, 0.05) is 18.3 Å². The monoisotopic (exact) mass is 253 g/mol. The van der Waals surface area contributed by atoms with Crippen molar-refractivity contribution in [2.24, 2.45) is 12.8 Å². The Morgan fingerprint density at radius 2 is 1.74 bits per heavy atom. The Hall–Kier alpha value is -2.69. The molecular weight excluding hydrogens is 238 g/mol. The van der Waals surface area contributed by atoms with E-state index in [9.17, 15) is 0 Å². The van der Waals surface area contributed by atoms with E-state index < -0.39 is 0 Å². The highest BCUT2D eigenvalue weighted by atomic mass is 15.5. The summed E-state index contributed by atoms with van der Waals surface area (Å²) in [6.45, 7) is 0. The van der Waals surface area contributed by atoms with E-state index in [0.29, 0.717) is 11.5 Å². The summed E-state index contributed by atoms with van der Waals surface area (Å²) in [5.74, 6) is 0.699. The normalized spacial score (nSPS) is 23.4. The molecule has 0 unspecified atom stereocenters. The number of aryl methyl sites for hydroxylation is 1. The van der Waals surface area contributed by atoms with Crippen LogP contribution in [0.15, 0.2) is 66.5 Å². The Morgan fingerprint density at radius 3 is 2.53 bits per heavy atom. The SMILES string of the molecule is Cn1nnnc1C1=C\C=C/C(N)=C\C=C/C=C\C=C1. The topological polar surface area (TPSA) is 69.6 Å². The van der Waals surface area contributed by atoms with Crippen LogP contribution in [0, 0.1) is 0 Å². The van der Waals surface area contributed by atoms with Crippen molar-refractivity contribution in [1.82, 2.24) is 20.2 Å². The maximum atomic E-state index is 5.81. The number of nitrogens with two attached hydrogens (primary N) is 1. The van der Waals surface area contributed by atoms with E-state index in [1.54, 1.807) is 11.7 Å². The zero-order valence-corrected chi connectivity index (χ0v) is 10.6. The lowest BCUT2D eigenvalue weighted by atomic mass is 10.2. The van der Waals surface area contributed by atoms with E-state index in [0.717, 1.165) is 5.57 Å². The van der Waals surface area contributed by atoms with Crippen molar-refractivity contribution < 1.29 is 0 Å². The molecule has 0 atom stereocenters. The third kappa shape index (κ3) is 3.64. The van der Waals surface area contributed by atoms with Crippen molar-refractivity contribution in [3.8, 4) is 0 Å². The molecule has 0 spiro atoms. The first-order valence-corrected chi connectivity index (χ1v) is 5.85. The van der Waals surface area contributed by atoms with Crippen LogP contribution in [0.5, 0.6) is 0 Å². The van der Waals surface area contributed by atoms with Crippen molar-refractivity contribution in [3.05, 3.63) is 72.3 Å². The molecule has 1 aromatic heterocycles. The molecule has 1 aromatic rings. The maximum absolute atomic E-state index is 5.81. The Labute approximate surface area is 111 Å². The van der Waals surface area contributed by atoms with Gasteiger partial charge in [0.2, 0.25) is 0 Å². The quantitative estimate of drug-likeness (QED) is 0.826. The summed E-state index contributed by atoms with van der Waals surface area (Å²) in [6.07, 6.45) is 19.0. The second kappa shape index (κ2) is 6.30. The zero-order valence-electron chi connectivity index (χ0n) is 10.6. The second-order valence-electron chi connectivity index (χ2n) is 3.90. The van der Waals surface area contributed by atoms with Crippen molar-refractivity contribution >= 4 is 5.57 Å². The molecule has 0 aromatic carbocycles. The molecule has 96 valence electrons. The Kier molecular flexibility index (Phi) is 4.23.